The molecule has 0 aromatic rings. The highest BCUT2D eigenvalue weighted by atomic mass is 16.6. The van der Waals surface area contributed by atoms with Crippen molar-refractivity contribution >= 4 is 6.09 Å². The maximum atomic E-state index is 11.0. The Hall–Kier alpha value is -0.770. The smallest absolute Gasteiger partial charge is 0.410 e. The van der Waals surface area contributed by atoms with Crippen LogP contribution in [0.15, 0.2) is 0 Å². The fourth-order valence-electron chi connectivity index (χ4n) is 1.72. The molecule has 12 heavy (non-hydrogen) atoms. The number of cyclic esters (lactones) is 1. The van der Waals surface area contributed by atoms with Crippen LogP contribution < -0.4 is 0 Å². The van der Waals surface area contributed by atoms with E-state index in [-0.39, 0.29) is 6.09 Å². The van der Waals surface area contributed by atoms with Crippen molar-refractivity contribution in [2.75, 3.05) is 32.9 Å². The fraction of sp³-hybridized carbons (Fsp3) is 0.875. The van der Waals surface area contributed by atoms with Crippen LogP contribution in [0.25, 0.3) is 0 Å². The molecule has 0 atom stereocenters. The molecule has 68 valence electrons. The quantitative estimate of drug-likeness (QED) is 0.604. The van der Waals surface area contributed by atoms with Gasteiger partial charge in [-0.15, -0.1) is 0 Å². The van der Waals surface area contributed by atoms with Crippen molar-refractivity contribution in [3.63, 3.8) is 0 Å². The first-order valence-electron chi connectivity index (χ1n) is 4.50. The lowest BCUT2D eigenvalue weighted by Gasteiger charge is -2.20. The summed E-state index contributed by atoms with van der Waals surface area (Å²) in [7, 11) is 0. The normalized spacial score (nSPS) is 25.0. The first-order chi connectivity index (χ1) is 5.86. The molecule has 0 saturated carbocycles. The molecule has 0 N–H and O–H groups in total. The van der Waals surface area contributed by atoms with E-state index in [9.17, 15) is 4.79 Å². The third-order valence-electron chi connectivity index (χ3n) is 2.41. The van der Waals surface area contributed by atoms with Crippen molar-refractivity contribution in [2.24, 2.45) is 0 Å². The summed E-state index contributed by atoms with van der Waals surface area (Å²) in [6, 6.07) is 0. The van der Waals surface area contributed by atoms with Gasteiger partial charge in [-0.3, -0.25) is 9.80 Å². The van der Waals surface area contributed by atoms with Crippen LogP contribution in [0.1, 0.15) is 12.8 Å². The number of nitrogens with zero attached hydrogens (tertiary/aromatic N) is 2. The van der Waals surface area contributed by atoms with Crippen molar-refractivity contribution in [1.82, 2.24) is 9.80 Å². The largest absolute Gasteiger partial charge is 0.447 e. The minimum Gasteiger partial charge on any atom is -0.447 e. The molecule has 1 amide bonds. The summed E-state index contributed by atoms with van der Waals surface area (Å²) in [5.74, 6) is 0. The molecular weight excluding hydrogens is 156 g/mol. The van der Waals surface area contributed by atoms with Crippen molar-refractivity contribution in [1.29, 1.82) is 0 Å². The van der Waals surface area contributed by atoms with E-state index in [1.54, 1.807) is 4.90 Å². The SMILES string of the molecule is O=C1OCCN1CN1CCCC1. The Morgan fingerprint density at radius 3 is 2.58 bits per heavy atom. The zero-order chi connectivity index (χ0) is 8.39. The second kappa shape index (κ2) is 3.31. The Kier molecular flexibility index (Phi) is 2.17. The predicted octanol–water partition coefficient (Wildman–Crippen LogP) is 0.492. The van der Waals surface area contributed by atoms with E-state index in [2.05, 4.69) is 4.90 Å². The highest BCUT2D eigenvalue weighted by molar-refractivity contribution is 5.69. The van der Waals surface area contributed by atoms with Gasteiger partial charge in [-0.25, -0.2) is 4.79 Å². The van der Waals surface area contributed by atoms with E-state index in [4.69, 9.17) is 4.74 Å². The van der Waals surface area contributed by atoms with Crippen molar-refractivity contribution < 1.29 is 9.53 Å². The summed E-state index contributed by atoms with van der Waals surface area (Å²) >= 11 is 0. The molecule has 0 aromatic heterocycles. The molecule has 2 saturated heterocycles. The lowest BCUT2D eigenvalue weighted by atomic mass is 10.4. The third-order valence-corrected chi connectivity index (χ3v) is 2.41. The Morgan fingerprint density at radius 1 is 1.25 bits per heavy atom. The van der Waals surface area contributed by atoms with Crippen LogP contribution in [0.5, 0.6) is 0 Å². The van der Waals surface area contributed by atoms with Gasteiger partial charge < -0.3 is 4.74 Å². The van der Waals surface area contributed by atoms with Gasteiger partial charge in [-0.05, 0) is 25.9 Å². The van der Waals surface area contributed by atoms with Crippen LogP contribution in [0.3, 0.4) is 0 Å². The van der Waals surface area contributed by atoms with Gasteiger partial charge in [0.2, 0.25) is 0 Å². The van der Waals surface area contributed by atoms with E-state index >= 15 is 0 Å². The average molecular weight is 170 g/mol. The van der Waals surface area contributed by atoms with E-state index in [1.807, 2.05) is 0 Å². The number of carbonyl (C=O) groups excluding carboxylic acids is 1. The molecule has 2 fully saturated rings. The van der Waals surface area contributed by atoms with Crippen molar-refractivity contribution in [2.45, 2.75) is 12.8 Å². The predicted molar refractivity (Wildman–Crippen MR) is 43.7 cm³/mol. The minimum atomic E-state index is -0.151. The molecule has 0 radical (unpaired) electrons. The maximum Gasteiger partial charge on any atom is 0.410 e. The van der Waals surface area contributed by atoms with Gasteiger partial charge in [0.25, 0.3) is 0 Å². The number of hydrogen-bond acceptors (Lipinski definition) is 3. The van der Waals surface area contributed by atoms with Crippen LogP contribution >= 0.6 is 0 Å². The van der Waals surface area contributed by atoms with E-state index in [0.29, 0.717) is 6.61 Å². The second-order valence-electron chi connectivity index (χ2n) is 3.34. The maximum absolute atomic E-state index is 11.0. The van der Waals surface area contributed by atoms with Gasteiger partial charge in [-0.1, -0.05) is 0 Å². The summed E-state index contributed by atoms with van der Waals surface area (Å²) in [4.78, 5) is 15.1. The molecule has 0 bridgehead atoms. The van der Waals surface area contributed by atoms with Gasteiger partial charge in [0.15, 0.2) is 0 Å². The molecule has 2 heterocycles. The Bertz CT molecular complexity index is 178. The van der Waals surface area contributed by atoms with Crippen LogP contribution in [0.4, 0.5) is 4.79 Å². The van der Waals surface area contributed by atoms with Crippen LogP contribution in [-0.4, -0.2) is 48.8 Å². The first kappa shape index (κ1) is 7.86. The third kappa shape index (κ3) is 1.53. The zero-order valence-corrected chi connectivity index (χ0v) is 7.16. The summed E-state index contributed by atoms with van der Waals surface area (Å²) in [6.45, 7) is 4.34. The van der Waals surface area contributed by atoms with E-state index in [0.717, 1.165) is 26.3 Å². The van der Waals surface area contributed by atoms with Gasteiger partial charge in [0, 0.05) is 0 Å². The standard InChI is InChI=1S/C8H14N2O2/c11-8-10(5-6-12-8)7-9-3-1-2-4-9/h1-7H2. The topological polar surface area (TPSA) is 32.8 Å². The van der Waals surface area contributed by atoms with Crippen LogP contribution in [-0.2, 0) is 4.74 Å². The number of rotatable bonds is 2. The van der Waals surface area contributed by atoms with E-state index < -0.39 is 0 Å². The number of ether oxygens (including phenoxy) is 1. The summed E-state index contributed by atoms with van der Waals surface area (Å²) in [5, 5.41) is 0. The lowest BCUT2D eigenvalue weighted by Crippen LogP contribution is -2.36. The Morgan fingerprint density at radius 2 is 2.00 bits per heavy atom. The van der Waals surface area contributed by atoms with Crippen molar-refractivity contribution in [3.8, 4) is 0 Å². The van der Waals surface area contributed by atoms with Gasteiger partial charge in [0.1, 0.15) is 6.61 Å². The number of hydrogen-bond donors (Lipinski definition) is 0. The lowest BCUT2D eigenvalue weighted by molar-refractivity contribution is 0.139. The molecule has 2 aliphatic rings. The number of carbonyl (C=O) groups is 1. The number of likely N-dealkylation sites (tertiary alicyclic amines) is 1. The molecule has 2 aliphatic heterocycles. The monoisotopic (exact) mass is 170 g/mol. The molecular formula is C8H14N2O2. The zero-order valence-electron chi connectivity index (χ0n) is 7.16. The van der Waals surface area contributed by atoms with Gasteiger partial charge in [0.05, 0.1) is 13.2 Å². The average Bonchev–Trinajstić information content (AvgIpc) is 2.65. The minimum absolute atomic E-state index is 0.151. The van der Waals surface area contributed by atoms with Crippen molar-refractivity contribution in [3.05, 3.63) is 0 Å². The fourth-order valence-corrected chi connectivity index (χ4v) is 1.72. The molecule has 0 aliphatic carbocycles. The molecule has 2 rings (SSSR count). The van der Waals surface area contributed by atoms with Gasteiger partial charge >= 0.3 is 6.09 Å². The molecule has 0 aromatic carbocycles. The highest BCUT2D eigenvalue weighted by Gasteiger charge is 2.24. The Balaban J connectivity index is 1.81. The summed E-state index contributed by atoms with van der Waals surface area (Å²) < 4.78 is 4.84. The van der Waals surface area contributed by atoms with Gasteiger partial charge in [-0.2, -0.15) is 0 Å². The summed E-state index contributed by atoms with van der Waals surface area (Å²) in [6.07, 6.45) is 2.38. The Labute approximate surface area is 72.1 Å². The van der Waals surface area contributed by atoms with Crippen LogP contribution in [0.2, 0.25) is 0 Å². The summed E-state index contributed by atoms with van der Waals surface area (Å²) in [5.41, 5.74) is 0. The first-order valence-corrected chi connectivity index (χ1v) is 4.50. The molecule has 4 nitrogen and oxygen atoms in total. The molecule has 0 unspecified atom stereocenters. The number of amides is 1. The molecule has 4 heteroatoms. The second-order valence-corrected chi connectivity index (χ2v) is 3.34. The van der Waals surface area contributed by atoms with Crippen LogP contribution in [0, 0.1) is 0 Å². The highest BCUT2D eigenvalue weighted by Crippen LogP contribution is 2.10. The van der Waals surface area contributed by atoms with E-state index in [1.165, 1.54) is 12.8 Å². The molecule has 0 spiro atoms.